The van der Waals surface area contributed by atoms with Crippen molar-refractivity contribution in [1.82, 2.24) is 20.1 Å². The van der Waals surface area contributed by atoms with Crippen LogP contribution in [0.3, 0.4) is 0 Å². The highest BCUT2D eigenvalue weighted by molar-refractivity contribution is 5.92. The van der Waals surface area contributed by atoms with Gasteiger partial charge in [0.25, 0.3) is 0 Å². The molecule has 120 valence electrons. The average Bonchev–Trinajstić information content (AvgIpc) is 3.32. The van der Waals surface area contributed by atoms with Crippen LogP contribution in [0, 0.1) is 0 Å². The third-order valence-electron chi connectivity index (χ3n) is 3.79. The van der Waals surface area contributed by atoms with Crippen molar-refractivity contribution in [3.05, 3.63) is 48.1 Å². The number of methoxy groups -OCH3 is 1. The van der Waals surface area contributed by atoms with E-state index in [1.54, 1.807) is 19.5 Å². The van der Waals surface area contributed by atoms with E-state index in [9.17, 15) is 4.79 Å². The number of amides is 1. The topological polar surface area (TPSA) is 69.0 Å². The Kier molecular flexibility index (Phi) is 4.71. The smallest absolute Gasteiger partial charge is 0.244 e. The van der Waals surface area contributed by atoms with Crippen LogP contribution in [0.25, 0.3) is 6.08 Å². The van der Waals surface area contributed by atoms with Gasteiger partial charge in [0, 0.05) is 30.6 Å². The molecule has 1 N–H and O–H groups in total. The van der Waals surface area contributed by atoms with Gasteiger partial charge in [0.1, 0.15) is 17.9 Å². The molecular weight excluding hydrogens is 292 g/mol. The number of hydrogen-bond donors (Lipinski definition) is 1. The zero-order valence-corrected chi connectivity index (χ0v) is 13.1. The van der Waals surface area contributed by atoms with Gasteiger partial charge in [-0.05, 0) is 25.0 Å². The van der Waals surface area contributed by atoms with Gasteiger partial charge < -0.3 is 14.6 Å². The third kappa shape index (κ3) is 3.97. The minimum Gasteiger partial charge on any atom is -0.496 e. The van der Waals surface area contributed by atoms with Crippen LogP contribution in [0.5, 0.6) is 5.75 Å². The first-order valence-electron chi connectivity index (χ1n) is 7.75. The summed E-state index contributed by atoms with van der Waals surface area (Å²) in [5, 5.41) is 10.9. The highest BCUT2D eigenvalue weighted by Crippen LogP contribution is 2.35. The van der Waals surface area contributed by atoms with E-state index >= 15 is 0 Å². The van der Waals surface area contributed by atoms with Crippen LogP contribution in [0.4, 0.5) is 0 Å². The molecule has 1 aliphatic rings. The van der Waals surface area contributed by atoms with Crippen LogP contribution in [0.15, 0.2) is 36.7 Å². The van der Waals surface area contributed by atoms with Gasteiger partial charge in [0.2, 0.25) is 5.91 Å². The van der Waals surface area contributed by atoms with E-state index in [1.165, 1.54) is 18.9 Å². The summed E-state index contributed by atoms with van der Waals surface area (Å²) < 4.78 is 7.36. The molecule has 1 saturated carbocycles. The molecule has 1 heterocycles. The molecule has 2 aromatic rings. The molecule has 1 aliphatic carbocycles. The lowest BCUT2D eigenvalue weighted by Gasteiger charge is -2.05. The van der Waals surface area contributed by atoms with E-state index in [2.05, 4.69) is 20.1 Å². The molecule has 0 saturated heterocycles. The van der Waals surface area contributed by atoms with Gasteiger partial charge in [-0.2, -0.15) is 0 Å². The van der Waals surface area contributed by atoms with Crippen molar-refractivity contribution in [2.24, 2.45) is 0 Å². The first-order valence-corrected chi connectivity index (χ1v) is 7.75. The van der Waals surface area contributed by atoms with Crippen LogP contribution < -0.4 is 10.1 Å². The maximum atomic E-state index is 11.9. The summed E-state index contributed by atoms with van der Waals surface area (Å²) in [6.07, 6.45) is 8.11. The van der Waals surface area contributed by atoms with Crippen LogP contribution in [0.2, 0.25) is 0 Å². The molecular formula is C17H20N4O2. The Bertz CT molecular complexity index is 704. The van der Waals surface area contributed by atoms with Crippen molar-refractivity contribution in [1.29, 1.82) is 0 Å². The molecule has 6 nitrogen and oxygen atoms in total. The van der Waals surface area contributed by atoms with Crippen molar-refractivity contribution >= 4 is 12.0 Å². The second kappa shape index (κ2) is 7.09. The monoisotopic (exact) mass is 312 g/mol. The maximum absolute atomic E-state index is 11.9. The fourth-order valence-electron chi connectivity index (χ4n) is 2.43. The summed E-state index contributed by atoms with van der Waals surface area (Å²) in [4.78, 5) is 11.9. The number of benzene rings is 1. The van der Waals surface area contributed by atoms with Gasteiger partial charge in [-0.15, -0.1) is 10.2 Å². The predicted molar refractivity (Wildman–Crippen MR) is 87.0 cm³/mol. The predicted octanol–water partition coefficient (Wildman–Crippen LogP) is 1.99. The lowest BCUT2D eigenvalue weighted by Crippen LogP contribution is -2.24. The number of aromatic nitrogens is 3. The zero-order chi connectivity index (χ0) is 16.1. The quantitative estimate of drug-likeness (QED) is 0.794. The Morgan fingerprint density at radius 2 is 2.26 bits per heavy atom. The van der Waals surface area contributed by atoms with E-state index in [1.807, 2.05) is 24.3 Å². The molecule has 1 amide bonds. The molecule has 0 unspecified atom stereocenters. The van der Waals surface area contributed by atoms with Gasteiger partial charge in [0.15, 0.2) is 0 Å². The molecule has 3 rings (SSSR count). The lowest BCUT2D eigenvalue weighted by molar-refractivity contribution is -0.116. The molecule has 6 heteroatoms. The second-order valence-electron chi connectivity index (χ2n) is 5.50. The number of rotatable bonds is 7. The number of nitrogens with zero attached hydrogens (tertiary/aromatic N) is 3. The van der Waals surface area contributed by atoms with Gasteiger partial charge in [-0.3, -0.25) is 4.79 Å². The van der Waals surface area contributed by atoms with E-state index in [4.69, 9.17) is 4.74 Å². The SMILES string of the molecule is COc1ccccc1/C=C/C(=O)NCCc1nncn1C1CC1. The van der Waals surface area contributed by atoms with Crippen molar-refractivity contribution in [3.63, 3.8) is 0 Å². The lowest BCUT2D eigenvalue weighted by atomic mass is 10.2. The van der Waals surface area contributed by atoms with E-state index in [0.29, 0.717) is 19.0 Å². The Balaban J connectivity index is 1.49. The van der Waals surface area contributed by atoms with Crippen molar-refractivity contribution < 1.29 is 9.53 Å². The van der Waals surface area contributed by atoms with E-state index in [-0.39, 0.29) is 5.91 Å². The highest BCUT2D eigenvalue weighted by atomic mass is 16.5. The summed E-state index contributed by atoms with van der Waals surface area (Å²) in [5.74, 6) is 1.55. The largest absolute Gasteiger partial charge is 0.496 e. The standard InChI is InChI=1S/C17H20N4O2/c1-23-15-5-3-2-4-13(15)6-9-17(22)18-11-10-16-20-19-12-21(16)14-7-8-14/h2-6,9,12,14H,7-8,10-11H2,1H3,(H,18,22)/b9-6+. The van der Waals surface area contributed by atoms with Crippen molar-refractivity contribution in [2.45, 2.75) is 25.3 Å². The zero-order valence-electron chi connectivity index (χ0n) is 13.1. The van der Waals surface area contributed by atoms with Crippen LogP contribution in [-0.2, 0) is 11.2 Å². The number of carbonyl (C=O) groups is 1. The molecule has 0 spiro atoms. The van der Waals surface area contributed by atoms with Crippen molar-refractivity contribution in [2.75, 3.05) is 13.7 Å². The molecule has 1 fully saturated rings. The number of ether oxygens (including phenoxy) is 1. The molecule has 23 heavy (non-hydrogen) atoms. The normalized spacial score (nSPS) is 14.1. The van der Waals surface area contributed by atoms with Crippen molar-refractivity contribution in [3.8, 4) is 5.75 Å². The Hall–Kier alpha value is -2.63. The second-order valence-corrected chi connectivity index (χ2v) is 5.50. The molecule has 0 atom stereocenters. The highest BCUT2D eigenvalue weighted by Gasteiger charge is 2.25. The maximum Gasteiger partial charge on any atom is 0.244 e. The van der Waals surface area contributed by atoms with Crippen LogP contribution in [-0.4, -0.2) is 34.3 Å². The molecule has 0 bridgehead atoms. The summed E-state index contributed by atoms with van der Waals surface area (Å²) in [6, 6.07) is 8.13. The number of nitrogens with one attached hydrogen (secondary N) is 1. The Morgan fingerprint density at radius 1 is 1.43 bits per heavy atom. The summed E-state index contributed by atoms with van der Waals surface area (Å²) in [7, 11) is 1.61. The molecule has 1 aromatic heterocycles. The van der Waals surface area contributed by atoms with Gasteiger partial charge in [-0.1, -0.05) is 18.2 Å². The van der Waals surface area contributed by atoms with E-state index < -0.39 is 0 Å². The minimum atomic E-state index is -0.131. The Morgan fingerprint density at radius 3 is 3.04 bits per heavy atom. The summed E-state index contributed by atoms with van der Waals surface area (Å²) in [6.45, 7) is 0.542. The van der Waals surface area contributed by atoms with E-state index in [0.717, 1.165) is 17.1 Å². The number of para-hydroxylation sites is 1. The molecule has 0 radical (unpaired) electrons. The fourth-order valence-corrected chi connectivity index (χ4v) is 2.43. The van der Waals surface area contributed by atoms with Gasteiger partial charge in [-0.25, -0.2) is 0 Å². The minimum absolute atomic E-state index is 0.131. The molecule has 1 aromatic carbocycles. The average molecular weight is 312 g/mol. The molecule has 0 aliphatic heterocycles. The third-order valence-corrected chi connectivity index (χ3v) is 3.79. The van der Waals surface area contributed by atoms with Gasteiger partial charge >= 0.3 is 0 Å². The van der Waals surface area contributed by atoms with Crippen LogP contribution in [0.1, 0.15) is 30.3 Å². The first kappa shape index (κ1) is 15.3. The Labute approximate surface area is 135 Å². The fraction of sp³-hybridized carbons (Fsp3) is 0.353. The first-order chi connectivity index (χ1) is 11.3. The summed E-state index contributed by atoms with van der Waals surface area (Å²) >= 11 is 0. The number of hydrogen-bond acceptors (Lipinski definition) is 4. The van der Waals surface area contributed by atoms with Crippen LogP contribution >= 0.6 is 0 Å². The summed E-state index contributed by atoms with van der Waals surface area (Å²) in [5.41, 5.74) is 0.874. The number of carbonyl (C=O) groups excluding carboxylic acids is 1. The van der Waals surface area contributed by atoms with Gasteiger partial charge in [0.05, 0.1) is 7.11 Å².